The van der Waals surface area contributed by atoms with E-state index in [2.05, 4.69) is 5.32 Å². The largest absolute Gasteiger partial charge is 0.493 e. The van der Waals surface area contributed by atoms with Gasteiger partial charge in [-0.1, -0.05) is 0 Å². The minimum atomic E-state index is -0.552. The number of fused-ring (bicyclic) bond motifs is 1. The van der Waals surface area contributed by atoms with Crippen LogP contribution in [0.15, 0.2) is 42.5 Å². The summed E-state index contributed by atoms with van der Waals surface area (Å²) in [6.45, 7) is 2.31. The number of ether oxygens (including phenoxy) is 4. The molecule has 3 rings (SSSR count). The highest BCUT2D eigenvalue weighted by molar-refractivity contribution is 5.94. The lowest BCUT2D eigenvalue weighted by Crippen LogP contribution is -2.21. The monoisotopic (exact) mass is 413 g/mol. The van der Waals surface area contributed by atoms with Crippen molar-refractivity contribution in [2.24, 2.45) is 0 Å². The molecule has 158 valence electrons. The first-order valence-electron chi connectivity index (χ1n) is 9.60. The molecule has 0 spiro atoms. The number of carbonyl (C=O) groups excluding carboxylic acids is 3. The molecule has 0 atom stereocenters. The molecule has 0 unspecified atom stereocenters. The zero-order valence-corrected chi connectivity index (χ0v) is 16.6. The number of Topliss-reactive ketones (excluding diaryl/α,β-unsaturated/α-hetero) is 1. The number of anilines is 1. The van der Waals surface area contributed by atoms with Crippen LogP contribution in [0.2, 0.25) is 0 Å². The Hall–Kier alpha value is -3.55. The molecule has 0 fully saturated rings. The van der Waals surface area contributed by atoms with Crippen molar-refractivity contribution >= 4 is 23.3 Å². The molecule has 1 aliphatic rings. The molecule has 0 aliphatic carbocycles. The lowest BCUT2D eigenvalue weighted by atomic mass is 10.1. The van der Waals surface area contributed by atoms with Crippen LogP contribution >= 0.6 is 0 Å². The van der Waals surface area contributed by atoms with E-state index in [1.54, 1.807) is 42.5 Å². The molecular formula is C22H23NO7. The summed E-state index contributed by atoms with van der Waals surface area (Å²) in [6.07, 6.45) is 0.783. The molecule has 0 saturated heterocycles. The highest BCUT2D eigenvalue weighted by Gasteiger charge is 2.13. The van der Waals surface area contributed by atoms with Crippen molar-refractivity contribution in [3.63, 3.8) is 0 Å². The predicted molar refractivity (Wildman–Crippen MR) is 108 cm³/mol. The maximum Gasteiger partial charge on any atom is 0.309 e. The molecule has 1 heterocycles. The number of hydrogen-bond donors (Lipinski definition) is 1. The van der Waals surface area contributed by atoms with Crippen LogP contribution in [-0.4, -0.2) is 44.1 Å². The van der Waals surface area contributed by atoms with Gasteiger partial charge in [-0.2, -0.15) is 0 Å². The molecule has 1 aliphatic heterocycles. The SMILES string of the molecule is CC(=O)c1ccc(OCCC(=O)OCC(=O)Nc2ccc3c(c2)OCCCO3)cc1. The fourth-order valence-electron chi connectivity index (χ4n) is 2.69. The van der Waals surface area contributed by atoms with Gasteiger partial charge >= 0.3 is 5.97 Å². The number of esters is 1. The normalized spacial score (nSPS) is 12.4. The van der Waals surface area contributed by atoms with Crippen LogP contribution in [0.25, 0.3) is 0 Å². The minimum absolute atomic E-state index is 0.00817. The number of carbonyl (C=O) groups is 3. The van der Waals surface area contributed by atoms with Gasteiger partial charge in [0.1, 0.15) is 5.75 Å². The predicted octanol–water partition coefficient (Wildman–Crippen LogP) is 3.00. The Morgan fingerprint density at radius 1 is 1.00 bits per heavy atom. The average molecular weight is 413 g/mol. The summed E-state index contributed by atoms with van der Waals surface area (Å²) < 4.78 is 21.5. The number of nitrogens with one attached hydrogen (secondary N) is 1. The molecule has 8 nitrogen and oxygen atoms in total. The van der Waals surface area contributed by atoms with E-state index in [-0.39, 0.29) is 18.8 Å². The van der Waals surface area contributed by atoms with Gasteiger partial charge in [-0.25, -0.2) is 0 Å². The van der Waals surface area contributed by atoms with Crippen molar-refractivity contribution in [3.8, 4) is 17.2 Å². The van der Waals surface area contributed by atoms with Gasteiger partial charge in [0.05, 0.1) is 26.2 Å². The summed E-state index contributed by atoms with van der Waals surface area (Å²) in [5, 5.41) is 2.65. The number of amides is 1. The zero-order valence-electron chi connectivity index (χ0n) is 16.6. The van der Waals surface area contributed by atoms with E-state index in [4.69, 9.17) is 18.9 Å². The second kappa shape index (κ2) is 10.3. The van der Waals surface area contributed by atoms with E-state index in [1.165, 1.54) is 6.92 Å². The third kappa shape index (κ3) is 6.23. The fourth-order valence-corrected chi connectivity index (χ4v) is 2.69. The van der Waals surface area contributed by atoms with Crippen molar-refractivity contribution in [3.05, 3.63) is 48.0 Å². The van der Waals surface area contributed by atoms with Gasteiger partial charge in [0.25, 0.3) is 5.91 Å². The lowest BCUT2D eigenvalue weighted by molar-refractivity contribution is -0.147. The molecule has 1 amide bonds. The van der Waals surface area contributed by atoms with Gasteiger partial charge in [-0.3, -0.25) is 14.4 Å². The van der Waals surface area contributed by atoms with Crippen molar-refractivity contribution in [1.82, 2.24) is 0 Å². The standard InChI is InChI=1S/C22H23NO7/c1-15(24)16-3-6-18(7-4-16)27-12-9-22(26)30-14-21(25)23-17-5-8-19-20(13-17)29-11-2-10-28-19/h3-8,13H,2,9-12,14H2,1H3,(H,23,25). The summed E-state index contributed by atoms with van der Waals surface area (Å²) in [5.41, 5.74) is 1.11. The Kier molecular flexibility index (Phi) is 7.26. The van der Waals surface area contributed by atoms with Crippen molar-refractivity contribution in [2.45, 2.75) is 19.8 Å². The lowest BCUT2D eigenvalue weighted by Gasteiger charge is -2.11. The summed E-state index contributed by atoms with van der Waals surface area (Å²) in [7, 11) is 0. The Bertz CT molecular complexity index is 908. The van der Waals surface area contributed by atoms with Crippen LogP contribution in [0.1, 0.15) is 30.1 Å². The maximum atomic E-state index is 12.0. The van der Waals surface area contributed by atoms with Gasteiger partial charge < -0.3 is 24.3 Å². The van der Waals surface area contributed by atoms with Crippen LogP contribution in [0, 0.1) is 0 Å². The van der Waals surface area contributed by atoms with Crippen LogP contribution in [0.4, 0.5) is 5.69 Å². The summed E-state index contributed by atoms with van der Waals surface area (Å²) in [4.78, 5) is 35.0. The number of ketones is 1. The van der Waals surface area contributed by atoms with Gasteiger partial charge in [-0.15, -0.1) is 0 Å². The van der Waals surface area contributed by atoms with E-state index in [0.29, 0.717) is 41.7 Å². The molecule has 0 aromatic heterocycles. The van der Waals surface area contributed by atoms with E-state index in [1.807, 2.05) is 0 Å². The van der Waals surface area contributed by atoms with Gasteiger partial charge in [0.2, 0.25) is 0 Å². The molecular weight excluding hydrogens is 390 g/mol. The van der Waals surface area contributed by atoms with Crippen molar-refractivity contribution in [2.75, 3.05) is 31.7 Å². The first-order valence-corrected chi connectivity index (χ1v) is 9.60. The van der Waals surface area contributed by atoms with Gasteiger partial charge in [0.15, 0.2) is 23.9 Å². The Morgan fingerprint density at radius 2 is 1.73 bits per heavy atom. The van der Waals surface area contributed by atoms with Crippen molar-refractivity contribution < 1.29 is 33.3 Å². The molecule has 8 heteroatoms. The van der Waals surface area contributed by atoms with E-state index in [9.17, 15) is 14.4 Å². The van der Waals surface area contributed by atoms with Crippen LogP contribution in [0.5, 0.6) is 17.2 Å². The van der Waals surface area contributed by atoms with Gasteiger partial charge in [-0.05, 0) is 43.3 Å². The summed E-state index contributed by atoms with van der Waals surface area (Å²) in [5.74, 6) is 0.696. The first kappa shape index (κ1) is 21.2. The average Bonchev–Trinajstić information content (AvgIpc) is 2.97. The topological polar surface area (TPSA) is 100 Å². The number of benzene rings is 2. The fraction of sp³-hybridized carbons (Fsp3) is 0.318. The Morgan fingerprint density at radius 3 is 2.47 bits per heavy atom. The quantitative estimate of drug-likeness (QED) is 0.524. The molecule has 0 saturated carbocycles. The molecule has 2 aromatic carbocycles. The van der Waals surface area contributed by atoms with Crippen molar-refractivity contribution in [1.29, 1.82) is 0 Å². The van der Waals surface area contributed by atoms with Gasteiger partial charge in [0, 0.05) is 23.7 Å². The van der Waals surface area contributed by atoms with Crippen LogP contribution in [-0.2, 0) is 14.3 Å². The molecule has 2 aromatic rings. The third-order valence-corrected chi connectivity index (χ3v) is 4.23. The second-order valence-electron chi connectivity index (χ2n) is 6.60. The molecule has 30 heavy (non-hydrogen) atoms. The third-order valence-electron chi connectivity index (χ3n) is 4.23. The minimum Gasteiger partial charge on any atom is -0.493 e. The van der Waals surface area contributed by atoms with E-state index >= 15 is 0 Å². The summed E-state index contributed by atoms with van der Waals surface area (Å²) in [6, 6.07) is 11.7. The molecule has 0 radical (unpaired) electrons. The first-order chi connectivity index (χ1) is 14.5. The Balaban J connectivity index is 1.37. The van der Waals surface area contributed by atoms with Crippen LogP contribution in [0.3, 0.4) is 0 Å². The van der Waals surface area contributed by atoms with E-state index in [0.717, 1.165) is 6.42 Å². The highest BCUT2D eigenvalue weighted by Crippen LogP contribution is 2.32. The zero-order chi connectivity index (χ0) is 21.3. The molecule has 0 bridgehead atoms. The highest BCUT2D eigenvalue weighted by atomic mass is 16.5. The number of rotatable bonds is 8. The van der Waals surface area contributed by atoms with Crippen LogP contribution < -0.4 is 19.5 Å². The van der Waals surface area contributed by atoms with E-state index < -0.39 is 18.5 Å². The summed E-state index contributed by atoms with van der Waals surface area (Å²) >= 11 is 0. The maximum absolute atomic E-state index is 12.0. The number of hydrogen-bond acceptors (Lipinski definition) is 7. The molecule has 1 N–H and O–H groups in total. The smallest absolute Gasteiger partial charge is 0.309 e. The Labute approximate surface area is 174 Å². The second-order valence-corrected chi connectivity index (χ2v) is 6.60.